The van der Waals surface area contributed by atoms with E-state index in [4.69, 9.17) is 18.9 Å². The Balaban J connectivity index is 4.36. The van der Waals surface area contributed by atoms with Crippen LogP contribution in [0.1, 0.15) is 219 Å². The Bertz CT molecular complexity index is 1250. The van der Waals surface area contributed by atoms with Gasteiger partial charge < -0.3 is 33.3 Å². The van der Waals surface area contributed by atoms with Crippen LogP contribution in [0, 0.1) is 0 Å². The molecule has 0 aromatic carbocycles. The molecule has 0 saturated heterocycles. The molecule has 0 rings (SSSR count). The number of ether oxygens (including phenoxy) is 4. The molecule has 65 heavy (non-hydrogen) atoms. The normalized spacial score (nSPS) is 13.3. The first-order chi connectivity index (χ1) is 31.6. The molecule has 0 radical (unpaired) electrons. The highest BCUT2D eigenvalue weighted by molar-refractivity contribution is 5.70. The van der Waals surface area contributed by atoms with Crippen molar-refractivity contribution in [2.45, 2.75) is 232 Å². The maximum Gasteiger partial charge on any atom is 0.306 e. The first-order valence-corrected chi connectivity index (χ1v) is 26.4. The number of carboxylic acids is 1. The number of allylic oxidation sites excluding steroid dienone is 10. The lowest BCUT2D eigenvalue weighted by Crippen LogP contribution is -2.44. The van der Waals surface area contributed by atoms with Gasteiger partial charge in [-0.3, -0.25) is 9.59 Å². The highest BCUT2D eigenvalue weighted by Crippen LogP contribution is 2.14. The Morgan fingerprint density at radius 3 is 1.26 bits per heavy atom. The molecule has 0 aliphatic heterocycles. The first-order valence-electron chi connectivity index (χ1n) is 26.4. The first kappa shape index (κ1) is 62.0. The minimum absolute atomic E-state index is 0.142. The van der Waals surface area contributed by atoms with Crippen LogP contribution in [0.3, 0.4) is 0 Å². The van der Waals surface area contributed by atoms with Crippen LogP contribution in [0.2, 0.25) is 0 Å². The van der Waals surface area contributed by atoms with Gasteiger partial charge in [0.05, 0.1) is 40.3 Å². The van der Waals surface area contributed by atoms with E-state index >= 15 is 0 Å². The number of hydrogen-bond acceptors (Lipinski definition) is 8. The lowest BCUT2D eigenvalue weighted by Gasteiger charge is -2.26. The number of esters is 2. The molecule has 376 valence electrons. The molecular formula is C56H99NO8. The van der Waals surface area contributed by atoms with Crippen molar-refractivity contribution in [3.8, 4) is 0 Å². The summed E-state index contributed by atoms with van der Waals surface area (Å²) in [7, 11) is 5.91. The van der Waals surface area contributed by atoms with E-state index in [-0.39, 0.29) is 38.6 Å². The third-order valence-electron chi connectivity index (χ3n) is 11.2. The molecule has 9 nitrogen and oxygen atoms in total. The number of carboxylic acid groups (broad SMARTS) is 1. The van der Waals surface area contributed by atoms with E-state index < -0.39 is 24.3 Å². The van der Waals surface area contributed by atoms with Crippen LogP contribution in [0.5, 0.6) is 0 Å². The molecule has 0 heterocycles. The molecule has 0 spiro atoms. The van der Waals surface area contributed by atoms with Crippen molar-refractivity contribution < 1.29 is 42.9 Å². The predicted octanol–water partition coefficient (Wildman–Crippen LogP) is 13.6. The summed E-state index contributed by atoms with van der Waals surface area (Å²) in [6.07, 6.45) is 55.3. The van der Waals surface area contributed by atoms with Gasteiger partial charge in [0.25, 0.3) is 0 Å². The quantitative estimate of drug-likeness (QED) is 0.0195. The second-order valence-corrected chi connectivity index (χ2v) is 18.8. The highest BCUT2D eigenvalue weighted by atomic mass is 16.7. The minimum Gasteiger partial charge on any atom is -0.545 e. The van der Waals surface area contributed by atoms with Gasteiger partial charge >= 0.3 is 11.9 Å². The summed E-state index contributed by atoms with van der Waals surface area (Å²) in [5.74, 6) is -2.31. The Kier molecular flexibility index (Phi) is 45.3. The maximum atomic E-state index is 12.8. The third kappa shape index (κ3) is 48.7. The number of unbranched alkanes of at least 4 members (excludes halogenated alkanes) is 23. The molecule has 2 unspecified atom stereocenters. The standard InChI is InChI=1S/C56H99NO8/c1-6-8-10-12-14-16-18-20-22-24-26-27-29-30-32-34-36-38-40-42-44-46-53(58)63-50-52(51-64-56(55(60)61)62-49-48-57(3,4)5)65-54(59)47-45-43-41-39-37-35-33-31-28-25-23-21-19-17-15-13-11-9-7-2/h15,17-18,20-21,23-24,26,28,31,52,56H,6-14,16,19,22,25,27,29-30,32-51H2,1-5H3/b17-15-,20-18-,23-21-,26-24-,31-28-. The summed E-state index contributed by atoms with van der Waals surface area (Å²) < 4.78 is 22.6. The van der Waals surface area contributed by atoms with Crippen molar-refractivity contribution in [1.29, 1.82) is 0 Å². The van der Waals surface area contributed by atoms with Gasteiger partial charge in [-0.15, -0.1) is 0 Å². The van der Waals surface area contributed by atoms with Gasteiger partial charge in [0, 0.05) is 12.8 Å². The molecule has 2 atom stereocenters. The summed E-state index contributed by atoms with van der Waals surface area (Å²) in [5.41, 5.74) is 0. The topological polar surface area (TPSA) is 111 Å². The lowest BCUT2D eigenvalue weighted by atomic mass is 10.1. The third-order valence-corrected chi connectivity index (χ3v) is 11.2. The summed E-state index contributed by atoms with van der Waals surface area (Å²) >= 11 is 0. The molecule has 0 N–H and O–H groups in total. The molecule has 0 aliphatic carbocycles. The number of rotatable bonds is 48. The summed E-state index contributed by atoms with van der Waals surface area (Å²) in [4.78, 5) is 37.2. The Hall–Kier alpha value is -3.01. The fraction of sp³-hybridized carbons (Fsp3) is 0.768. The summed E-state index contributed by atoms with van der Waals surface area (Å²) in [5, 5.41) is 11.7. The molecule has 0 aromatic heterocycles. The van der Waals surface area contributed by atoms with Gasteiger partial charge in [0.1, 0.15) is 13.2 Å². The Labute approximate surface area is 399 Å². The zero-order chi connectivity index (χ0) is 47.7. The van der Waals surface area contributed by atoms with Crippen LogP contribution >= 0.6 is 0 Å². The monoisotopic (exact) mass is 914 g/mol. The number of aliphatic carboxylic acids is 1. The van der Waals surface area contributed by atoms with E-state index in [1.54, 1.807) is 0 Å². The van der Waals surface area contributed by atoms with Gasteiger partial charge in [0.15, 0.2) is 12.4 Å². The average Bonchev–Trinajstić information content (AvgIpc) is 3.27. The molecule has 0 aliphatic rings. The molecule has 9 heteroatoms. The van der Waals surface area contributed by atoms with Crippen LogP contribution in [0.4, 0.5) is 0 Å². The molecule has 0 saturated carbocycles. The Morgan fingerprint density at radius 2 is 0.831 bits per heavy atom. The predicted molar refractivity (Wildman–Crippen MR) is 269 cm³/mol. The van der Waals surface area contributed by atoms with E-state index in [2.05, 4.69) is 74.6 Å². The summed E-state index contributed by atoms with van der Waals surface area (Å²) in [6, 6.07) is 0. The van der Waals surface area contributed by atoms with E-state index in [9.17, 15) is 19.5 Å². The van der Waals surface area contributed by atoms with Crippen molar-refractivity contribution in [3.63, 3.8) is 0 Å². The number of hydrogen-bond donors (Lipinski definition) is 0. The van der Waals surface area contributed by atoms with Gasteiger partial charge in [-0.1, -0.05) is 184 Å². The van der Waals surface area contributed by atoms with Crippen LogP contribution in [0.25, 0.3) is 0 Å². The second-order valence-electron chi connectivity index (χ2n) is 18.8. The van der Waals surface area contributed by atoms with Crippen molar-refractivity contribution >= 4 is 17.9 Å². The van der Waals surface area contributed by atoms with Crippen LogP contribution in [0.15, 0.2) is 60.8 Å². The fourth-order valence-electron chi connectivity index (χ4n) is 7.10. The van der Waals surface area contributed by atoms with E-state index in [1.165, 1.54) is 109 Å². The lowest BCUT2D eigenvalue weighted by molar-refractivity contribution is -0.870. The highest BCUT2D eigenvalue weighted by Gasteiger charge is 2.22. The average molecular weight is 914 g/mol. The minimum atomic E-state index is -1.63. The Morgan fingerprint density at radius 1 is 0.462 bits per heavy atom. The molecule has 0 aromatic rings. The number of quaternary nitrogens is 1. The van der Waals surface area contributed by atoms with Crippen molar-refractivity contribution in [2.75, 3.05) is 47.5 Å². The largest absolute Gasteiger partial charge is 0.545 e. The van der Waals surface area contributed by atoms with Gasteiger partial charge in [-0.05, 0) is 83.5 Å². The molecular weight excluding hydrogens is 815 g/mol. The zero-order valence-electron chi connectivity index (χ0n) is 42.6. The van der Waals surface area contributed by atoms with E-state index in [0.29, 0.717) is 17.4 Å². The number of nitrogens with zero attached hydrogens (tertiary/aromatic N) is 1. The summed E-state index contributed by atoms with van der Waals surface area (Å²) in [6.45, 7) is 4.69. The SMILES string of the molecule is CCCCC/C=C\C/C=C\C/C=C\CCCCCCCCC(=O)OC(COC(=O)CCCCCCCCCCC/C=C\C/C=C\CCCCCCC)COC(OCC[N+](C)(C)C)C(=O)[O-]. The molecule has 0 bridgehead atoms. The van der Waals surface area contributed by atoms with E-state index in [1.807, 2.05) is 21.1 Å². The molecule has 0 fully saturated rings. The second kappa shape index (κ2) is 47.5. The van der Waals surface area contributed by atoms with E-state index in [0.717, 1.165) is 77.0 Å². The molecule has 0 amide bonds. The van der Waals surface area contributed by atoms with Gasteiger partial charge in [-0.25, -0.2) is 0 Å². The van der Waals surface area contributed by atoms with Crippen LogP contribution in [-0.2, 0) is 33.3 Å². The van der Waals surface area contributed by atoms with Crippen molar-refractivity contribution in [1.82, 2.24) is 0 Å². The zero-order valence-corrected chi connectivity index (χ0v) is 42.6. The van der Waals surface area contributed by atoms with Crippen molar-refractivity contribution in [2.24, 2.45) is 0 Å². The van der Waals surface area contributed by atoms with Gasteiger partial charge in [-0.2, -0.15) is 0 Å². The van der Waals surface area contributed by atoms with Gasteiger partial charge in [0.2, 0.25) is 0 Å². The van der Waals surface area contributed by atoms with Crippen LogP contribution < -0.4 is 5.11 Å². The number of carbonyl (C=O) groups is 3. The smallest absolute Gasteiger partial charge is 0.306 e. The maximum absolute atomic E-state index is 12.8. The van der Waals surface area contributed by atoms with Crippen LogP contribution in [-0.4, -0.2) is 82.3 Å². The number of carbonyl (C=O) groups excluding carboxylic acids is 3. The van der Waals surface area contributed by atoms with Crippen molar-refractivity contribution in [3.05, 3.63) is 60.8 Å². The fourth-order valence-corrected chi connectivity index (χ4v) is 7.10. The number of likely N-dealkylation sites (N-methyl/N-ethyl adjacent to an activating group) is 1.